The van der Waals surface area contributed by atoms with Gasteiger partial charge in [0.25, 0.3) is 0 Å². The van der Waals surface area contributed by atoms with Crippen LogP contribution in [0.1, 0.15) is 25.7 Å². The van der Waals surface area contributed by atoms with Gasteiger partial charge in [0.05, 0.1) is 17.0 Å². The molecule has 1 aliphatic rings. The Morgan fingerprint density at radius 3 is 2.60 bits per heavy atom. The molecule has 20 heavy (non-hydrogen) atoms. The van der Waals surface area contributed by atoms with Gasteiger partial charge in [-0.05, 0) is 37.5 Å². The fourth-order valence-corrected chi connectivity index (χ4v) is 2.40. The maximum atomic E-state index is 13.0. The molecule has 3 N–H and O–H groups in total. The molecule has 5 nitrogen and oxygen atoms in total. The zero-order valence-electron chi connectivity index (χ0n) is 10.6. The van der Waals surface area contributed by atoms with Gasteiger partial charge in [-0.15, -0.1) is 0 Å². The van der Waals surface area contributed by atoms with E-state index in [0.717, 1.165) is 12.5 Å². The van der Waals surface area contributed by atoms with Crippen molar-refractivity contribution in [2.24, 2.45) is 0 Å². The van der Waals surface area contributed by atoms with E-state index >= 15 is 0 Å². The van der Waals surface area contributed by atoms with Crippen molar-refractivity contribution in [2.75, 3.05) is 5.32 Å². The van der Waals surface area contributed by atoms with Crippen LogP contribution in [-0.4, -0.2) is 22.6 Å². The number of nitrogens with one attached hydrogen (secondary N) is 2. The van der Waals surface area contributed by atoms with Gasteiger partial charge in [0.15, 0.2) is 0 Å². The molecule has 2 rings (SSSR count). The Labute approximate surface area is 120 Å². The molecule has 1 aliphatic carbocycles. The number of rotatable bonds is 4. The summed E-state index contributed by atoms with van der Waals surface area (Å²) in [7, 11) is 0. The molecule has 1 fully saturated rings. The number of carboxylic acids is 1. The Bertz CT molecular complexity index is 546. The SMILES string of the molecule is O=C(O)CC1(NC(=O)Nc2ccc(F)c(Cl)c2)CCC1. The molecule has 7 heteroatoms. The lowest BCUT2D eigenvalue weighted by molar-refractivity contribution is -0.139. The van der Waals surface area contributed by atoms with Crippen LogP contribution in [0.15, 0.2) is 18.2 Å². The monoisotopic (exact) mass is 300 g/mol. The normalized spacial score (nSPS) is 16.1. The summed E-state index contributed by atoms with van der Waals surface area (Å²) in [6, 6.07) is 3.30. The topological polar surface area (TPSA) is 78.4 Å². The highest BCUT2D eigenvalue weighted by Crippen LogP contribution is 2.35. The summed E-state index contributed by atoms with van der Waals surface area (Å²) in [5.74, 6) is -1.52. The minimum absolute atomic E-state index is 0.0910. The van der Waals surface area contributed by atoms with E-state index in [-0.39, 0.29) is 11.4 Å². The number of benzene rings is 1. The van der Waals surface area contributed by atoms with E-state index in [2.05, 4.69) is 10.6 Å². The lowest BCUT2D eigenvalue weighted by Gasteiger charge is -2.41. The van der Waals surface area contributed by atoms with E-state index in [4.69, 9.17) is 16.7 Å². The van der Waals surface area contributed by atoms with Crippen LogP contribution in [0.4, 0.5) is 14.9 Å². The fraction of sp³-hybridized carbons (Fsp3) is 0.385. The first-order valence-corrected chi connectivity index (χ1v) is 6.54. The summed E-state index contributed by atoms with van der Waals surface area (Å²) in [5.41, 5.74) is -0.335. The first-order valence-electron chi connectivity index (χ1n) is 6.16. The predicted octanol–water partition coefficient (Wildman–Crippen LogP) is 3.00. The lowest BCUT2D eigenvalue weighted by Crippen LogP contribution is -2.55. The minimum Gasteiger partial charge on any atom is -0.481 e. The van der Waals surface area contributed by atoms with Crippen LogP contribution in [0.25, 0.3) is 0 Å². The largest absolute Gasteiger partial charge is 0.481 e. The maximum absolute atomic E-state index is 13.0. The molecule has 0 aromatic heterocycles. The third-order valence-corrected chi connectivity index (χ3v) is 3.65. The first-order chi connectivity index (χ1) is 9.40. The van der Waals surface area contributed by atoms with Crippen LogP contribution >= 0.6 is 11.6 Å². The quantitative estimate of drug-likeness (QED) is 0.800. The van der Waals surface area contributed by atoms with Crippen molar-refractivity contribution in [1.82, 2.24) is 5.32 Å². The maximum Gasteiger partial charge on any atom is 0.319 e. The van der Waals surface area contributed by atoms with Crippen LogP contribution in [0.3, 0.4) is 0 Å². The van der Waals surface area contributed by atoms with Crippen LogP contribution < -0.4 is 10.6 Å². The van der Waals surface area contributed by atoms with Crippen molar-refractivity contribution in [2.45, 2.75) is 31.2 Å². The average molecular weight is 301 g/mol. The molecule has 0 radical (unpaired) electrons. The Balaban J connectivity index is 1.97. The highest BCUT2D eigenvalue weighted by Gasteiger charge is 2.40. The minimum atomic E-state index is -0.949. The summed E-state index contributed by atoms with van der Waals surface area (Å²) in [4.78, 5) is 22.6. The van der Waals surface area contributed by atoms with Gasteiger partial charge in [-0.2, -0.15) is 0 Å². The second kappa shape index (κ2) is 5.66. The highest BCUT2D eigenvalue weighted by atomic mass is 35.5. The van der Waals surface area contributed by atoms with Crippen LogP contribution in [-0.2, 0) is 4.79 Å². The first kappa shape index (κ1) is 14.6. The number of hydrogen-bond acceptors (Lipinski definition) is 2. The number of hydrogen-bond donors (Lipinski definition) is 3. The molecule has 0 bridgehead atoms. The van der Waals surface area contributed by atoms with E-state index in [1.54, 1.807) is 0 Å². The number of amides is 2. The number of aliphatic carboxylic acids is 1. The highest BCUT2D eigenvalue weighted by molar-refractivity contribution is 6.31. The Morgan fingerprint density at radius 2 is 2.10 bits per heavy atom. The van der Waals surface area contributed by atoms with E-state index in [0.29, 0.717) is 18.5 Å². The number of urea groups is 1. The van der Waals surface area contributed by atoms with Gasteiger partial charge >= 0.3 is 12.0 Å². The molecule has 0 aliphatic heterocycles. The van der Waals surface area contributed by atoms with E-state index in [1.165, 1.54) is 12.1 Å². The number of carbonyl (C=O) groups excluding carboxylic acids is 1. The summed E-state index contributed by atoms with van der Waals surface area (Å²) in [6.07, 6.45) is 2.05. The van der Waals surface area contributed by atoms with Gasteiger partial charge in [-0.1, -0.05) is 11.6 Å². The molecule has 1 aromatic rings. The summed E-state index contributed by atoms with van der Waals surface area (Å²) in [6.45, 7) is 0. The number of anilines is 1. The molecule has 1 aromatic carbocycles. The Hall–Kier alpha value is -1.82. The molecular weight excluding hydrogens is 287 g/mol. The van der Waals surface area contributed by atoms with Crippen molar-refractivity contribution in [3.63, 3.8) is 0 Å². The number of carbonyl (C=O) groups is 2. The zero-order valence-corrected chi connectivity index (χ0v) is 11.3. The average Bonchev–Trinajstić information content (AvgIpc) is 2.30. The smallest absolute Gasteiger partial charge is 0.319 e. The van der Waals surface area contributed by atoms with Gasteiger partial charge in [0.2, 0.25) is 0 Å². The van der Waals surface area contributed by atoms with Crippen molar-refractivity contribution < 1.29 is 19.1 Å². The van der Waals surface area contributed by atoms with Gasteiger partial charge in [-0.3, -0.25) is 4.79 Å². The van der Waals surface area contributed by atoms with Crippen molar-refractivity contribution in [3.05, 3.63) is 29.0 Å². The van der Waals surface area contributed by atoms with Gasteiger partial charge in [0.1, 0.15) is 5.82 Å². The second-order valence-electron chi connectivity index (χ2n) is 4.91. The lowest BCUT2D eigenvalue weighted by atomic mass is 9.74. The van der Waals surface area contributed by atoms with Crippen molar-refractivity contribution >= 4 is 29.3 Å². The summed E-state index contributed by atoms with van der Waals surface area (Å²) in [5, 5.41) is 14.0. The van der Waals surface area contributed by atoms with Crippen LogP contribution in [0, 0.1) is 5.82 Å². The third-order valence-electron chi connectivity index (χ3n) is 3.36. The second-order valence-corrected chi connectivity index (χ2v) is 5.32. The third kappa shape index (κ3) is 3.39. The molecule has 0 saturated heterocycles. The summed E-state index contributed by atoms with van der Waals surface area (Å²) < 4.78 is 13.0. The molecule has 0 spiro atoms. The molecule has 0 atom stereocenters. The van der Waals surface area contributed by atoms with E-state index in [9.17, 15) is 14.0 Å². The van der Waals surface area contributed by atoms with E-state index < -0.39 is 23.4 Å². The van der Waals surface area contributed by atoms with Crippen molar-refractivity contribution in [1.29, 1.82) is 0 Å². The zero-order chi connectivity index (χ0) is 14.8. The van der Waals surface area contributed by atoms with Gasteiger partial charge < -0.3 is 15.7 Å². The molecular formula is C13H14ClFN2O3. The molecule has 108 valence electrons. The van der Waals surface area contributed by atoms with Crippen LogP contribution in [0.2, 0.25) is 5.02 Å². The standard InChI is InChI=1S/C13H14ClFN2O3/c14-9-6-8(2-3-10(9)15)16-12(20)17-13(4-1-5-13)7-11(18)19/h2-3,6H,1,4-5,7H2,(H,18,19)(H2,16,17,20). The van der Waals surface area contributed by atoms with Gasteiger partial charge in [0, 0.05) is 5.69 Å². The molecule has 0 unspecified atom stereocenters. The fourth-order valence-electron chi connectivity index (χ4n) is 2.22. The molecule has 1 saturated carbocycles. The molecule has 2 amide bonds. The van der Waals surface area contributed by atoms with Crippen LogP contribution in [0.5, 0.6) is 0 Å². The number of carboxylic acid groups (broad SMARTS) is 1. The Morgan fingerprint density at radius 1 is 1.40 bits per heavy atom. The predicted molar refractivity (Wildman–Crippen MR) is 72.4 cm³/mol. The number of halogens is 2. The summed E-state index contributed by atoms with van der Waals surface area (Å²) >= 11 is 5.61. The van der Waals surface area contributed by atoms with Gasteiger partial charge in [-0.25, -0.2) is 9.18 Å². The Kier molecular flexibility index (Phi) is 4.13. The van der Waals surface area contributed by atoms with E-state index in [1.807, 2.05) is 0 Å². The van der Waals surface area contributed by atoms with Crippen molar-refractivity contribution in [3.8, 4) is 0 Å². The molecule has 0 heterocycles.